The molecule has 0 saturated carbocycles. The van der Waals surface area contributed by atoms with Crippen LogP contribution >= 0.6 is 0 Å². The van der Waals surface area contributed by atoms with Crippen molar-refractivity contribution in [1.82, 2.24) is 23.7 Å². The topological polar surface area (TPSA) is 127 Å². The SMILES string of the molecule is COC(=O)C(C)n1cnc2c1c(=O)n(C)c(=O)n2CCOC(=O)c1cccnc1. The minimum absolute atomic E-state index is 0.0287. The number of methoxy groups -OCH3 is 1. The molecule has 1 atom stereocenters. The summed E-state index contributed by atoms with van der Waals surface area (Å²) in [6.45, 7) is 1.40. The monoisotopic (exact) mass is 401 g/mol. The number of ether oxygens (including phenoxy) is 2. The Morgan fingerprint density at radius 2 is 2.03 bits per heavy atom. The van der Waals surface area contributed by atoms with E-state index in [9.17, 15) is 19.2 Å². The number of esters is 2. The van der Waals surface area contributed by atoms with Gasteiger partial charge in [0.15, 0.2) is 11.2 Å². The summed E-state index contributed by atoms with van der Waals surface area (Å²) in [6, 6.07) is 2.35. The number of nitrogens with zero attached hydrogens (tertiary/aromatic N) is 5. The summed E-state index contributed by atoms with van der Waals surface area (Å²) in [4.78, 5) is 57.0. The summed E-state index contributed by atoms with van der Waals surface area (Å²) in [5.41, 5.74) is -0.769. The highest BCUT2D eigenvalue weighted by atomic mass is 16.5. The van der Waals surface area contributed by atoms with Gasteiger partial charge in [0.1, 0.15) is 12.6 Å². The number of carbonyl (C=O) groups is 2. The average Bonchev–Trinajstić information content (AvgIpc) is 3.18. The van der Waals surface area contributed by atoms with E-state index < -0.39 is 29.2 Å². The molecular formula is C18H19N5O6. The van der Waals surface area contributed by atoms with Crippen LogP contribution in [0, 0.1) is 0 Å². The molecular weight excluding hydrogens is 382 g/mol. The van der Waals surface area contributed by atoms with Gasteiger partial charge in [0, 0.05) is 19.4 Å². The average molecular weight is 401 g/mol. The van der Waals surface area contributed by atoms with Crippen LogP contribution in [0.2, 0.25) is 0 Å². The van der Waals surface area contributed by atoms with Crippen LogP contribution in [0.25, 0.3) is 11.2 Å². The van der Waals surface area contributed by atoms with Crippen LogP contribution in [0.3, 0.4) is 0 Å². The van der Waals surface area contributed by atoms with Crippen molar-refractivity contribution in [3.8, 4) is 0 Å². The van der Waals surface area contributed by atoms with E-state index in [2.05, 4.69) is 9.97 Å². The van der Waals surface area contributed by atoms with E-state index in [1.54, 1.807) is 19.1 Å². The number of carbonyl (C=O) groups excluding carboxylic acids is 2. The molecule has 11 nitrogen and oxygen atoms in total. The van der Waals surface area contributed by atoms with Gasteiger partial charge in [0.25, 0.3) is 5.56 Å². The molecule has 0 aromatic carbocycles. The number of imidazole rings is 1. The maximum atomic E-state index is 12.6. The molecule has 0 spiro atoms. The molecule has 0 amide bonds. The van der Waals surface area contributed by atoms with Gasteiger partial charge < -0.3 is 14.0 Å². The number of rotatable bonds is 6. The molecule has 29 heavy (non-hydrogen) atoms. The van der Waals surface area contributed by atoms with Crippen molar-refractivity contribution in [2.24, 2.45) is 7.05 Å². The van der Waals surface area contributed by atoms with Gasteiger partial charge in [-0.05, 0) is 19.1 Å². The second-order valence-electron chi connectivity index (χ2n) is 6.20. The highest BCUT2D eigenvalue weighted by Crippen LogP contribution is 2.14. The summed E-state index contributed by atoms with van der Waals surface area (Å²) in [7, 11) is 2.56. The first kappa shape index (κ1) is 20.0. The second kappa shape index (κ2) is 8.09. The van der Waals surface area contributed by atoms with Crippen LogP contribution in [0.1, 0.15) is 23.3 Å². The van der Waals surface area contributed by atoms with Gasteiger partial charge in [-0.1, -0.05) is 0 Å². The van der Waals surface area contributed by atoms with E-state index in [-0.39, 0.29) is 29.9 Å². The summed E-state index contributed by atoms with van der Waals surface area (Å²) < 4.78 is 13.4. The summed E-state index contributed by atoms with van der Waals surface area (Å²) in [5, 5.41) is 0. The third-order valence-electron chi connectivity index (χ3n) is 4.46. The van der Waals surface area contributed by atoms with Crippen molar-refractivity contribution in [1.29, 1.82) is 0 Å². The fraction of sp³-hybridized carbons (Fsp3) is 0.333. The molecule has 0 aliphatic rings. The van der Waals surface area contributed by atoms with Crippen LogP contribution in [0.15, 0.2) is 40.4 Å². The quantitative estimate of drug-likeness (QED) is 0.523. The minimum atomic E-state index is -0.813. The number of fused-ring (bicyclic) bond motifs is 1. The van der Waals surface area contributed by atoms with Gasteiger partial charge in [-0.2, -0.15) is 0 Å². The fourth-order valence-corrected chi connectivity index (χ4v) is 2.85. The van der Waals surface area contributed by atoms with Crippen molar-refractivity contribution in [2.75, 3.05) is 13.7 Å². The largest absolute Gasteiger partial charge is 0.467 e. The van der Waals surface area contributed by atoms with Gasteiger partial charge in [-0.25, -0.2) is 19.4 Å². The Balaban J connectivity index is 1.93. The minimum Gasteiger partial charge on any atom is -0.467 e. The Hall–Kier alpha value is -3.76. The normalized spacial score (nSPS) is 12.0. The lowest BCUT2D eigenvalue weighted by Gasteiger charge is -2.13. The molecule has 0 radical (unpaired) electrons. The molecule has 3 aromatic heterocycles. The van der Waals surface area contributed by atoms with Gasteiger partial charge in [-0.3, -0.25) is 18.9 Å². The number of pyridine rings is 1. The van der Waals surface area contributed by atoms with Crippen LogP contribution in [-0.4, -0.2) is 49.3 Å². The molecule has 152 valence electrons. The summed E-state index contributed by atoms with van der Waals surface area (Å²) in [5.74, 6) is -1.15. The molecule has 0 bridgehead atoms. The van der Waals surface area contributed by atoms with Crippen molar-refractivity contribution in [2.45, 2.75) is 19.5 Å². The van der Waals surface area contributed by atoms with Crippen LogP contribution < -0.4 is 11.2 Å². The number of hydrogen-bond donors (Lipinski definition) is 0. The zero-order chi connectivity index (χ0) is 21.1. The Kier molecular flexibility index (Phi) is 5.57. The zero-order valence-corrected chi connectivity index (χ0v) is 16.1. The van der Waals surface area contributed by atoms with E-state index in [1.165, 1.54) is 42.0 Å². The highest BCUT2D eigenvalue weighted by Gasteiger charge is 2.23. The van der Waals surface area contributed by atoms with E-state index >= 15 is 0 Å². The van der Waals surface area contributed by atoms with Crippen LogP contribution in [0.4, 0.5) is 0 Å². The van der Waals surface area contributed by atoms with Crippen molar-refractivity contribution >= 4 is 23.1 Å². The number of hydrogen-bond acceptors (Lipinski definition) is 8. The standard InChI is InChI=1S/C18H19N5O6/c1-11(16(25)28-3)23-10-20-14-13(23)15(24)21(2)18(27)22(14)7-8-29-17(26)12-5-4-6-19-9-12/h4-6,9-11H,7-8H2,1-3H3. The molecule has 0 aliphatic carbocycles. The molecule has 0 fully saturated rings. The Bertz CT molecular complexity index is 1180. The molecule has 1 unspecified atom stereocenters. The van der Waals surface area contributed by atoms with Crippen LogP contribution in [0.5, 0.6) is 0 Å². The zero-order valence-electron chi connectivity index (χ0n) is 16.1. The van der Waals surface area contributed by atoms with Crippen molar-refractivity contribution < 1.29 is 19.1 Å². The maximum absolute atomic E-state index is 12.6. The van der Waals surface area contributed by atoms with E-state index in [4.69, 9.17) is 9.47 Å². The maximum Gasteiger partial charge on any atom is 0.339 e. The molecule has 3 rings (SSSR count). The fourth-order valence-electron chi connectivity index (χ4n) is 2.85. The Morgan fingerprint density at radius 3 is 2.69 bits per heavy atom. The molecule has 3 aromatic rings. The van der Waals surface area contributed by atoms with E-state index in [0.717, 1.165) is 4.57 Å². The van der Waals surface area contributed by atoms with Gasteiger partial charge in [-0.15, -0.1) is 0 Å². The van der Waals surface area contributed by atoms with Crippen molar-refractivity contribution in [3.05, 3.63) is 57.3 Å². The van der Waals surface area contributed by atoms with Gasteiger partial charge in [0.05, 0.1) is 25.5 Å². The molecule has 3 heterocycles. The smallest absolute Gasteiger partial charge is 0.339 e. The second-order valence-corrected chi connectivity index (χ2v) is 6.20. The third kappa shape index (κ3) is 3.66. The lowest BCUT2D eigenvalue weighted by molar-refractivity contribution is -0.143. The van der Waals surface area contributed by atoms with Gasteiger partial charge in [0.2, 0.25) is 0 Å². The first-order valence-electron chi connectivity index (χ1n) is 8.68. The first-order valence-corrected chi connectivity index (χ1v) is 8.68. The lowest BCUT2D eigenvalue weighted by atomic mass is 10.3. The Morgan fingerprint density at radius 1 is 1.28 bits per heavy atom. The van der Waals surface area contributed by atoms with E-state index in [0.29, 0.717) is 0 Å². The summed E-state index contributed by atoms with van der Waals surface area (Å²) in [6.07, 6.45) is 4.20. The molecule has 0 aliphatic heterocycles. The predicted molar refractivity (Wildman–Crippen MR) is 100 cm³/mol. The summed E-state index contributed by atoms with van der Waals surface area (Å²) >= 11 is 0. The van der Waals surface area contributed by atoms with Crippen LogP contribution in [-0.2, 0) is 27.9 Å². The Labute approximate surface area is 164 Å². The third-order valence-corrected chi connectivity index (χ3v) is 4.46. The van der Waals surface area contributed by atoms with Crippen molar-refractivity contribution in [3.63, 3.8) is 0 Å². The predicted octanol–water partition coefficient (Wildman–Crippen LogP) is -0.117. The molecule has 11 heteroatoms. The molecule has 0 saturated heterocycles. The first-order chi connectivity index (χ1) is 13.9. The number of aromatic nitrogens is 5. The van der Waals surface area contributed by atoms with Gasteiger partial charge >= 0.3 is 17.6 Å². The lowest BCUT2D eigenvalue weighted by Crippen LogP contribution is -2.39. The highest BCUT2D eigenvalue weighted by molar-refractivity contribution is 5.88. The van der Waals surface area contributed by atoms with E-state index in [1.807, 2.05) is 0 Å². The molecule has 0 N–H and O–H groups in total.